The van der Waals surface area contributed by atoms with Crippen molar-refractivity contribution in [2.24, 2.45) is 0 Å². The van der Waals surface area contributed by atoms with E-state index in [9.17, 15) is 5.11 Å². The monoisotopic (exact) mass is 294 g/mol. The Labute approximate surface area is 128 Å². The molecule has 22 heavy (non-hydrogen) atoms. The molecule has 1 saturated heterocycles. The summed E-state index contributed by atoms with van der Waals surface area (Å²) in [6.45, 7) is 3.56. The van der Waals surface area contributed by atoms with Gasteiger partial charge in [0, 0.05) is 31.0 Å². The second kappa shape index (κ2) is 5.10. The van der Waals surface area contributed by atoms with Crippen LogP contribution in [0.3, 0.4) is 0 Å². The van der Waals surface area contributed by atoms with Crippen molar-refractivity contribution in [2.45, 2.75) is 19.4 Å². The van der Waals surface area contributed by atoms with Crippen molar-refractivity contribution in [3.8, 4) is 11.3 Å². The first-order valence-corrected chi connectivity index (χ1v) is 7.56. The van der Waals surface area contributed by atoms with Crippen LogP contribution in [0.5, 0.6) is 0 Å². The lowest BCUT2D eigenvalue weighted by Gasteiger charge is -2.16. The average Bonchev–Trinajstić information content (AvgIpc) is 3.13. The number of β-amino-alcohol motifs (C(OH)–C–C–N with tert-alkyl or cyclic N) is 1. The number of fused-ring (bicyclic) bond motifs is 1. The van der Waals surface area contributed by atoms with E-state index in [1.165, 1.54) is 5.56 Å². The molecule has 0 bridgehead atoms. The van der Waals surface area contributed by atoms with Gasteiger partial charge in [0.05, 0.1) is 11.8 Å². The van der Waals surface area contributed by atoms with Crippen LogP contribution >= 0.6 is 0 Å². The van der Waals surface area contributed by atoms with Crippen LogP contribution in [-0.4, -0.2) is 38.9 Å². The summed E-state index contributed by atoms with van der Waals surface area (Å²) in [6, 6.07) is 10.3. The van der Waals surface area contributed by atoms with Crippen molar-refractivity contribution in [2.75, 3.05) is 18.0 Å². The SMILES string of the molecule is Cc1ccccc1-c1cc2c(N3CCC(O)C3)nccn2n1. The highest BCUT2D eigenvalue weighted by molar-refractivity contribution is 5.76. The summed E-state index contributed by atoms with van der Waals surface area (Å²) in [4.78, 5) is 6.64. The van der Waals surface area contributed by atoms with Gasteiger partial charge < -0.3 is 10.0 Å². The van der Waals surface area contributed by atoms with E-state index >= 15 is 0 Å². The topological polar surface area (TPSA) is 53.7 Å². The lowest BCUT2D eigenvalue weighted by Crippen LogP contribution is -2.22. The molecule has 0 aliphatic carbocycles. The minimum absolute atomic E-state index is 0.263. The molecule has 112 valence electrons. The summed E-state index contributed by atoms with van der Waals surface area (Å²) in [5.74, 6) is 0.895. The molecule has 3 heterocycles. The van der Waals surface area contributed by atoms with Gasteiger partial charge in [0.1, 0.15) is 5.52 Å². The molecule has 1 aliphatic heterocycles. The van der Waals surface area contributed by atoms with E-state index in [0.717, 1.165) is 35.6 Å². The summed E-state index contributed by atoms with van der Waals surface area (Å²) in [5.41, 5.74) is 4.28. The number of aliphatic hydroxyl groups is 1. The maximum absolute atomic E-state index is 9.76. The van der Waals surface area contributed by atoms with Gasteiger partial charge in [0.25, 0.3) is 0 Å². The van der Waals surface area contributed by atoms with Gasteiger partial charge >= 0.3 is 0 Å². The van der Waals surface area contributed by atoms with Gasteiger partial charge in [0.15, 0.2) is 5.82 Å². The number of benzene rings is 1. The Morgan fingerprint density at radius 1 is 1.27 bits per heavy atom. The molecule has 5 heteroatoms. The molecule has 4 rings (SSSR count). The van der Waals surface area contributed by atoms with E-state index < -0.39 is 0 Å². The third-order valence-corrected chi connectivity index (χ3v) is 4.25. The number of anilines is 1. The number of hydrogen-bond donors (Lipinski definition) is 1. The zero-order valence-corrected chi connectivity index (χ0v) is 12.5. The molecule has 0 radical (unpaired) electrons. The molecule has 2 aromatic heterocycles. The van der Waals surface area contributed by atoms with Crippen molar-refractivity contribution in [3.63, 3.8) is 0 Å². The van der Waals surface area contributed by atoms with Crippen molar-refractivity contribution >= 4 is 11.3 Å². The van der Waals surface area contributed by atoms with Gasteiger partial charge in [-0.1, -0.05) is 24.3 Å². The molecule has 1 N–H and O–H groups in total. The van der Waals surface area contributed by atoms with Crippen LogP contribution in [0, 0.1) is 6.92 Å². The Morgan fingerprint density at radius 3 is 2.91 bits per heavy atom. The first kappa shape index (κ1) is 13.3. The van der Waals surface area contributed by atoms with E-state index in [1.54, 1.807) is 6.20 Å². The molecule has 1 fully saturated rings. The molecule has 5 nitrogen and oxygen atoms in total. The van der Waals surface area contributed by atoms with Crippen LogP contribution in [0.2, 0.25) is 0 Å². The predicted molar refractivity (Wildman–Crippen MR) is 86.0 cm³/mol. The van der Waals surface area contributed by atoms with Gasteiger partial charge in [0.2, 0.25) is 0 Å². The van der Waals surface area contributed by atoms with Gasteiger partial charge in [-0.25, -0.2) is 9.50 Å². The quantitative estimate of drug-likeness (QED) is 0.788. The van der Waals surface area contributed by atoms with Crippen LogP contribution in [0.4, 0.5) is 5.82 Å². The van der Waals surface area contributed by atoms with Crippen molar-refractivity contribution in [1.82, 2.24) is 14.6 Å². The maximum atomic E-state index is 9.76. The van der Waals surface area contributed by atoms with E-state index in [1.807, 2.05) is 22.8 Å². The first-order chi connectivity index (χ1) is 10.7. The molecule has 1 aliphatic rings. The summed E-state index contributed by atoms with van der Waals surface area (Å²) < 4.78 is 1.87. The number of aromatic nitrogens is 3. The molecule has 1 atom stereocenters. The fourth-order valence-electron chi connectivity index (χ4n) is 3.08. The highest BCUT2D eigenvalue weighted by Gasteiger charge is 2.23. The smallest absolute Gasteiger partial charge is 0.154 e. The third-order valence-electron chi connectivity index (χ3n) is 4.25. The fraction of sp³-hybridized carbons (Fsp3) is 0.294. The molecule has 0 amide bonds. The summed E-state index contributed by atoms with van der Waals surface area (Å²) in [5, 5.41) is 14.4. The number of nitrogens with zero attached hydrogens (tertiary/aromatic N) is 4. The molecule has 0 saturated carbocycles. The Bertz CT molecular complexity index is 826. The van der Waals surface area contributed by atoms with Crippen LogP contribution in [-0.2, 0) is 0 Å². The fourth-order valence-corrected chi connectivity index (χ4v) is 3.08. The van der Waals surface area contributed by atoms with E-state index in [-0.39, 0.29) is 6.10 Å². The number of aryl methyl sites for hydroxylation is 1. The largest absolute Gasteiger partial charge is 0.391 e. The number of aliphatic hydroxyl groups excluding tert-OH is 1. The zero-order chi connectivity index (χ0) is 15.1. The first-order valence-electron chi connectivity index (χ1n) is 7.56. The van der Waals surface area contributed by atoms with E-state index in [4.69, 9.17) is 0 Å². The minimum atomic E-state index is -0.263. The van der Waals surface area contributed by atoms with Gasteiger partial charge in [-0.15, -0.1) is 0 Å². The predicted octanol–water partition coefficient (Wildman–Crippen LogP) is 2.28. The van der Waals surface area contributed by atoms with Crippen LogP contribution in [0.25, 0.3) is 16.8 Å². The average molecular weight is 294 g/mol. The Morgan fingerprint density at radius 2 is 2.14 bits per heavy atom. The Kier molecular flexibility index (Phi) is 3.08. The Balaban J connectivity index is 1.83. The molecule has 1 unspecified atom stereocenters. The Hall–Kier alpha value is -2.40. The maximum Gasteiger partial charge on any atom is 0.154 e. The van der Waals surface area contributed by atoms with Crippen molar-refractivity contribution in [1.29, 1.82) is 0 Å². The highest BCUT2D eigenvalue weighted by atomic mass is 16.3. The third kappa shape index (κ3) is 2.14. The van der Waals surface area contributed by atoms with Gasteiger partial charge in [-0.2, -0.15) is 5.10 Å². The molecule has 3 aromatic rings. The molecular weight excluding hydrogens is 276 g/mol. The summed E-state index contributed by atoms with van der Waals surface area (Å²) in [7, 11) is 0. The molecule has 1 aromatic carbocycles. The van der Waals surface area contributed by atoms with Crippen LogP contribution < -0.4 is 4.90 Å². The van der Waals surface area contributed by atoms with Gasteiger partial charge in [-0.3, -0.25) is 0 Å². The van der Waals surface area contributed by atoms with Crippen LogP contribution in [0.15, 0.2) is 42.7 Å². The second-order valence-electron chi connectivity index (χ2n) is 5.81. The highest BCUT2D eigenvalue weighted by Crippen LogP contribution is 2.28. The second-order valence-corrected chi connectivity index (χ2v) is 5.81. The zero-order valence-electron chi connectivity index (χ0n) is 12.5. The molecule has 0 spiro atoms. The molecular formula is C17H18N4O. The van der Waals surface area contributed by atoms with Gasteiger partial charge in [-0.05, 0) is 25.0 Å². The minimum Gasteiger partial charge on any atom is -0.391 e. The lowest BCUT2D eigenvalue weighted by molar-refractivity contribution is 0.198. The summed E-state index contributed by atoms with van der Waals surface area (Å²) in [6.07, 6.45) is 4.16. The van der Waals surface area contributed by atoms with Crippen LogP contribution in [0.1, 0.15) is 12.0 Å². The van der Waals surface area contributed by atoms with Crippen molar-refractivity contribution in [3.05, 3.63) is 48.3 Å². The number of hydrogen-bond acceptors (Lipinski definition) is 4. The van der Waals surface area contributed by atoms with E-state index in [0.29, 0.717) is 6.54 Å². The van der Waals surface area contributed by atoms with Crippen molar-refractivity contribution < 1.29 is 5.11 Å². The number of rotatable bonds is 2. The lowest BCUT2D eigenvalue weighted by atomic mass is 10.1. The normalized spacial score (nSPS) is 18.3. The summed E-state index contributed by atoms with van der Waals surface area (Å²) >= 11 is 0. The van der Waals surface area contributed by atoms with E-state index in [2.05, 4.69) is 40.1 Å². The standard InChI is InChI=1S/C17H18N4O/c1-12-4-2-3-5-14(12)15-10-16-17(18-7-9-21(16)19-15)20-8-6-13(22)11-20/h2-5,7,9-10,13,22H,6,8,11H2,1H3.